The first kappa shape index (κ1) is 21.6. The SMILES string of the molecule is [C-]#[N+]c1ncc(-c2ccc3ncc4c(=O)[nH]c(=O)n(-c5ccc(C(C)(C)C#N)cc5)c4c3n2)cn1. The van der Waals surface area contributed by atoms with E-state index in [4.69, 9.17) is 11.6 Å². The maximum Gasteiger partial charge on any atom is 0.371 e. The maximum absolute atomic E-state index is 13.0. The van der Waals surface area contributed by atoms with E-state index in [2.05, 4.69) is 30.9 Å². The van der Waals surface area contributed by atoms with Crippen LogP contribution < -0.4 is 11.2 Å². The molecule has 0 fully saturated rings. The molecule has 4 aromatic heterocycles. The molecule has 0 unspecified atom stereocenters. The average molecular weight is 460 g/mol. The molecule has 4 heterocycles. The number of nitrogens with one attached hydrogen (secondary N) is 1. The number of nitrogens with zero attached hydrogens (tertiary/aromatic N) is 7. The molecular formula is C25H16N8O2. The van der Waals surface area contributed by atoms with Gasteiger partial charge in [-0.25, -0.2) is 9.78 Å². The molecule has 10 heteroatoms. The van der Waals surface area contributed by atoms with Gasteiger partial charge in [0, 0.05) is 6.20 Å². The number of aromatic nitrogens is 6. The monoisotopic (exact) mass is 460 g/mol. The first-order chi connectivity index (χ1) is 16.8. The first-order valence-electron chi connectivity index (χ1n) is 10.5. The molecule has 0 saturated carbocycles. The summed E-state index contributed by atoms with van der Waals surface area (Å²) in [5.41, 5.74) is 1.59. The summed E-state index contributed by atoms with van der Waals surface area (Å²) in [5.74, 6) is 0.0186. The minimum atomic E-state index is -0.700. The van der Waals surface area contributed by atoms with Gasteiger partial charge in [0.1, 0.15) is 5.52 Å². The van der Waals surface area contributed by atoms with Crippen LogP contribution in [0.2, 0.25) is 0 Å². The number of rotatable bonds is 3. The predicted molar refractivity (Wildman–Crippen MR) is 129 cm³/mol. The predicted octanol–water partition coefficient (Wildman–Crippen LogP) is 3.43. The lowest BCUT2D eigenvalue weighted by Crippen LogP contribution is -2.29. The Hall–Kier alpha value is -5.22. The van der Waals surface area contributed by atoms with Crippen molar-refractivity contribution in [3.63, 3.8) is 0 Å². The largest absolute Gasteiger partial charge is 0.394 e. The van der Waals surface area contributed by atoms with Crippen molar-refractivity contribution in [3.05, 3.63) is 92.8 Å². The molecule has 1 aromatic carbocycles. The minimum Gasteiger partial charge on any atom is -0.394 e. The lowest BCUT2D eigenvalue weighted by molar-refractivity contribution is 0.686. The summed E-state index contributed by atoms with van der Waals surface area (Å²) in [6, 6.07) is 12.7. The van der Waals surface area contributed by atoms with Crippen LogP contribution in [0.15, 0.2) is 64.6 Å². The van der Waals surface area contributed by atoms with Crippen molar-refractivity contribution < 1.29 is 0 Å². The van der Waals surface area contributed by atoms with E-state index in [1.165, 1.54) is 23.2 Å². The molecule has 0 atom stereocenters. The Morgan fingerprint density at radius 2 is 1.74 bits per heavy atom. The Balaban J connectivity index is 1.80. The van der Waals surface area contributed by atoms with E-state index in [9.17, 15) is 14.9 Å². The third kappa shape index (κ3) is 3.59. The number of nitriles is 1. The van der Waals surface area contributed by atoms with Crippen LogP contribution in [0.3, 0.4) is 0 Å². The molecule has 0 saturated heterocycles. The second-order valence-corrected chi connectivity index (χ2v) is 8.35. The van der Waals surface area contributed by atoms with Gasteiger partial charge in [-0.05, 0) is 43.7 Å². The first-order valence-corrected chi connectivity index (χ1v) is 10.5. The van der Waals surface area contributed by atoms with Gasteiger partial charge in [-0.15, -0.1) is 6.57 Å². The minimum absolute atomic E-state index is 0.0186. The second kappa shape index (κ2) is 7.97. The zero-order valence-electron chi connectivity index (χ0n) is 18.6. The summed E-state index contributed by atoms with van der Waals surface area (Å²) in [6.45, 7) is 10.6. The van der Waals surface area contributed by atoms with E-state index in [0.29, 0.717) is 33.5 Å². The number of H-pyrrole nitrogens is 1. The second-order valence-electron chi connectivity index (χ2n) is 8.35. The Morgan fingerprint density at radius 3 is 2.40 bits per heavy atom. The summed E-state index contributed by atoms with van der Waals surface area (Å²) in [6.07, 6.45) is 4.39. The van der Waals surface area contributed by atoms with Crippen LogP contribution in [-0.2, 0) is 5.41 Å². The fourth-order valence-electron chi connectivity index (χ4n) is 3.78. The fraction of sp³-hybridized carbons (Fsp3) is 0.120. The van der Waals surface area contributed by atoms with Crippen LogP contribution in [0.4, 0.5) is 5.95 Å². The van der Waals surface area contributed by atoms with Crippen LogP contribution in [0, 0.1) is 17.9 Å². The maximum atomic E-state index is 13.0. The summed E-state index contributed by atoms with van der Waals surface area (Å²) in [4.78, 5) is 48.2. The van der Waals surface area contributed by atoms with Crippen LogP contribution >= 0.6 is 0 Å². The third-order valence-electron chi connectivity index (χ3n) is 5.74. The van der Waals surface area contributed by atoms with Crippen LogP contribution in [-0.4, -0.2) is 29.5 Å². The number of aromatic amines is 1. The quantitative estimate of drug-likeness (QED) is 0.322. The van der Waals surface area contributed by atoms with Gasteiger partial charge in [-0.3, -0.25) is 19.3 Å². The molecule has 0 aliphatic heterocycles. The Labute approximate surface area is 198 Å². The van der Waals surface area contributed by atoms with Crippen LogP contribution in [0.25, 0.3) is 43.7 Å². The molecule has 0 bridgehead atoms. The van der Waals surface area contributed by atoms with Crippen molar-refractivity contribution in [1.82, 2.24) is 29.5 Å². The third-order valence-corrected chi connectivity index (χ3v) is 5.74. The van der Waals surface area contributed by atoms with Crippen molar-refractivity contribution in [2.75, 3.05) is 0 Å². The van der Waals surface area contributed by atoms with E-state index in [1.807, 2.05) is 13.8 Å². The highest BCUT2D eigenvalue weighted by molar-refractivity contribution is 6.01. The number of fused-ring (bicyclic) bond motifs is 3. The Bertz CT molecular complexity index is 1820. The number of hydrogen-bond acceptors (Lipinski definition) is 7. The van der Waals surface area contributed by atoms with Crippen molar-refractivity contribution in [2.24, 2.45) is 0 Å². The van der Waals surface area contributed by atoms with E-state index < -0.39 is 16.7 Å². The zero-order chi connectivity index (χ0) is 24.7. The molecule has 0 aliphatic rings. The number of benzene rings is 1. The summed E-state index contributed by atoms with van der Waals surface area (Å²) < 4.78 is 1.37. The van der Waals surface area contributed by atoms with Gasteiger partial charge in [-0.1, -0.05) is 12.1 Å². The topological polar surface area (TPSA) is 135 Å². The van der Waals surface area contributed by atoms with E-state index in [1.54, 1.807) is 36.4 Å². The molecule has 168 valence electrons. The average Bonchev–Trinajstić information content (AvgIpc) is 2.88. The van der Waals surface area contributed by atoms with Gasteiger partial charge in [0.25, 0.3) is 5.56 Å². The van der Waals surface area contributed by atoms with Gasteiger partial charge < -0.3 is 4.85 Å². The van der Waals surface area contributed by atoms with Crippen molar-refractivity contribution in [3.8, 4) is 23.0 Å². The summed E-state index contributed by atoms with van der Waals surface area (Å²) in [7, 11) is 0. The molecular weight excluding hydrogens is 444 g/mol. The normalized spacial score (nSPS) is 11.3. The lowest BCUT2D eigenvalue weighted by Gasteiger charge is -2.17. The molecule has 0 spiro atoms. The number of pyridine rings is 2. The smallest absolute Gasteiger partial charge is 0.371 e. The van der Waals surface area contributed by atoms with E-state index in [0.717, 1.165) is 5.56 Å². The van der Waals surface area contributed by atoms with Gasteiger partial charge in [0.15, 0.2) is 0 Å². The van der Waals surface area contributed by atoms with Gasteiger partial charge in [0.2, 0.25) is 0 Å². The van der Waals surface area contributed by atoms with Crippen molar-refractivity contribution in [2.45, 2.75) is 19.3 Å². The number of hydrogen-bond donors (Lipinski definition) is 1. The fourth-order valence-corrected chi connectivity index (χ4v) is 3.78. The molecule has 35 heavy (non-hydrogen) atoms. The summed E-state index contributed by atoms with van der Waals surface area (Å²) in [5, 5.41) is 9.63. The van der Waals surface area contributed by atoms with Crippen LogP contribution in [0.1, 0.15) is 19.4 Å². The summed E-state index contributed by atoms with van der Waals surface area (Å²) >= 11 is 0. The Morgan fingerprint density at radius 1 is 1.03 bits per heavy atom. The van der Waals surface area contributed by atoms with Crippen LogP contribution in [0.5, 0.6) is 0 Å². The molecule has 1 N–H and O–H groups in total. The van der Waals surface area contributed by atoms with Gasteiger partial charge >= 0.3 is 11.6 Å². The van der Waals surface area contributed by atoms with Gasteiger partial charge in [-0.2, -0.15) is 15.2 Å². The van der Waals surface area contributed by atoms with Crippen molar-refractivity contribution in [1.29, 1.82) is 5.26 Å². The highest BCUT2D eigenvalue weighted by atomic mass is 16.2. The van der Waals surface area contributed by atoms with Gasteiger partial charge in [0.05, 0.1) is 57.2 Å². The molecule has 10 nitrogen and oxygen atoms in total. The standard InChI is InChI=1S/C25H16N8O2/c1-25(2,13-26)15-4-6-16(7-5-15)33-21-17(22(34)32-24(33)35)12-28-19-9-8-18(31-20(19)21)14-10-29-23(27-3)30-11-14/h4-12H,1-2H3,(H,32,34,35). The van der Waals surface area contributed by atoms with E-state index in [-0.39, 0.29) is 11.3 Å². The highest BCUT2D eigenvalue weighted by Gasteiger charge is 2.20. The van der Waals surface area contributed by atoms with E-state index >= 15 is 0 Å². The molecule has 0 amide bonds. The van der Waals surface area contributed by atoms with Crippen molar-refractivity contribution >= 4 is 27.9 Å². The molecule has 5 aromatic rings. The highest BCUT2D eigenvalue weighted by Crippen LogP contribution is 2.27. The zero-order valence-corrected chi connectivity index (χ0v) is 18.6. The lowest BCUT2D eigenvalue weighted by atomic mass is 9.86. The molecule has 5 rings (SSSR count). The molecule has 0 aliphatic carbocycles. The Kier molecular flexibility index (Phi) is 4.92. The molecule has 0 radical (unpaired) electrons.